The van der Waals surface area contributed by atoms with Crippen LogP contribution in [0.3, 0.4) is 0 Å². The molecule has 10 nitrogen and oxygen atoms in total. The second-order valence-corrected chi connectivity index (χ2v) is 9.96. The lowest BCUT2D eigenvalue weighted by atomic mass is 10.1. The molecule has 0 atom stereocenters. The van der Waals surface area contributed by atoms with Crippen LogP contribution in [-0.2, 0) is 29.7 Å². The number of unbranched alkanes of at least 4 members (excludes halogenated alkanes) is 2. The van der Waals surface area contributed by atoms with Gasteiger partial charge in [-0.05, 0) is 18.4 Å². The number of carbonyl (C=O) groups excluding carboxylic acids is 1. The normalized spacial score (nSPS) is 11.8. The number of nitriles is 1. The Morgan fingerprint density at radius 2 is 1.68 bits per heavy atom. The van der Waals surface area contributed by atoms with Crippen LogP contribution in [0.2, 0.25) is 0 Å². The van der Waals surface area contributed by atoms with Gasteiger partial charge in [-0.3, -0.25) is 23.8 Å². The van der Waals surface area contributed by atoms with E-state index in [4.69, 9.17) is 13.8 Å². The van der Waals surface area contributed by atoms with E-state index in [1.54, 1.807) is 24.3 Å². The summed E-state index contributed by atoms with van der Waals surface area (Å²) in [7, 11) is -3.07. The van der Waals surface area contributed by atoms with Gasteiger partial charge in [-0.25, -0.2) is 9.36 Å². The van der Waals surface area contributed by atoms with Gasteiger partial charge >= 0.3 is 13.7 Å². The van der Waals surface area contributed by atoms with Gasteiger partial charge in [0.05, 0.1) is 37.5 Å². The summed E-state index contributed by atoms with van der Waals surface area (Å²) in [6, 6.07) is 16.2. The number of nitro groups is 1. The van der Waals surface area contributed by atoms with Crippen molar-refractivity contribution >= 4 is 25.1 Å². The molecule has 0 aliphatic carbocycles. The zero-order chi connectivity index (χ0) is 27.3. The number of methoxy groups -OCH3 is 1. The molecule has 0 saturated heterocycles. The number of hydrogen-bond donors (Lipinski definition) is 0. The van der Waals surface area contributed by atoms with Crippen LogP contribution in [0.25, 0.3) is 5.70 Å². The third kappa shape index (κ3) is 8.25. The molecule has 0 N–H and O–H groups in total. The molecular formula is C26H32N3O7P. The number of ether oxygens (including phenoxy) is 1. The Labute approximate surface area is 217 Å². The monoisotopic (exact) mass is 529 g/mol. The van der Waals surface area contributed by atoms with Gasteiger partial charge in [0.1, 0.15) is 6.07 Å². The van der Waals surface area contributed by atoms with Gasteiger partial charge in [-0.2, -0.15) is 5.26 Å². The molecule has 11 heteroatoms. The Hall–Kier alpha value is -3.51. The molecule has 0 aromatic heterocycles. The Morgan fingerprint density at radius 1 is 1.05 bits per heavy atom. The third-order valence-corrected chi connectivity index (χ3v) is 7.25. The first kappa shape index (κ1) is 29.7. The van der Waals surface area contributed by atoms with E-state index >= 15 is 0 Å². The lowest BCUT2D eigenvalue weighted by molar-refractivity contribution is -0.384. The summed E-state index contributed by atoms with van der Waals surface area (Å²) in [5.41, 5.74) is -0.0995. The summed E-state index contributed by atoms with van der Waals surface area (Å²) in [6.45, 7) is 4.04. The fourth-order valence-corrected chi connectivity index (χ4v) is 5.23. The van der Waals surface area contributed by atoms with Crippen molar-refractivity contribution in [1.29, 1.82) is 5.26 Å². The predicted molar refractivity (Wildman–Crippen MR) is 139 cm³/mol. The second-order valence-electron chi connectivity index (χ2n) is 8.02. The van der Waals surface area contributed by atoms with Crippen molar-refractivity contribution in [3.05, 3.63) is 81.4 Å². The average molecular weight is 530 g/mol. The minimum absolute atomic E-state index is 0.0728. The molecule has 37 heavy (non-hydrogen) atoms. The summed E-state index contributed by atoms with van der Waals surface area (Å²) in [6.07, 6.45) is 2.73. The van der Waals surface area contributed by atoms with Crippen LogP contribution in [-0.4, -0.2) is 35.9 Å². The zero-order valence-electron chi connectivity index (χ0n) is 21.3. The molecule has 0 heterocycles. The minimum atomic E-state index is -4.19. The second kappa shape index (κ2) is 14.9. The highest BCUT2D eigenvalue weighted by atomic mass is 31.2. The maximum absolute atomic E-state index is 14.5. The quantitative estimate of drug-likeness (QED) is 0.0499. The Balaban J connectivity index is 2.86. The minimum Gasteiger partial charge on any atom is -0.465 e. The van der Waals surface area contributed by atoms with Gasteiger partial charge in [-0.1, -0.05) is 69.2 Å². The van der Waals surface area contributed by atoms with E-state index in [1.807, 2.05) is 26.0 Å². The van der Waals surface area contributed by atoms with Gasteiger partial charge in [0.2, 0.25) is 0 Å². The van der Waals surface area contributed by atoms with E-state index in [0.717, 1.165) is 20.0 Å². The molecule has 2 aromatic rings. The van der Waals surface area contributed by atoms with Crippen LogP contribution in [0.1, 0.15) is 50.7 Å². The molecule has 0 spiro atoms. The molecule has 0 unspecified atom stereocenters. The largest absolute Gasteiger partial charge is 0.465 e. The molecule has 0 saturated carbocycles. The average Bonchev–Trinajstić information content (AvgIpc) is 2.91. The SMILES string of the molecule is CCCCOP(=O)(OCCCC)N(Cc1ccccc1)C(=C(C#N)C(=O)OC)c1cccc([N+](=O)[O-])c1. The van der Waals surface area contributed by atoms with Crippen LogP contribution >= 0.6 is 7.75 Å². The molecule has 2 aromatic carbocycles. The zero-order valence-corrected chi connectivity index (χ0v) is 22.2. The first-order chi connectivity index (χ1) is 17.8. The number of esters is 1. The Bertz CT molecular complexity index is 1160. The molecule has 0 aliphatic heterocycles. The number of nitrogens with zero attached hydrogens (tertiary/aromatic N) is 3. The molecular weight excluding hydrogens is 497 g/mol. The molecule has 0 amide bonds. The van der Waals surface area contributed by atoms with E-state index in [1.165, 1.54) is 28.9 Å². The summed E-state index contributed by atoms with van der Waals surface area (Å²) < 4.78 is 32.3. The van der Waals surface area contributed by atoms with Gasteiger partial charge < -0.3 is 4.74 Å². The summed E-state index contributed by atoms with van der Waals surface area (Å²) in [5.74, 6) is -0.990. The molecule has 0 bridgehead atoms. The summed E-state index contributed by atoms with van der Waals surface area (Å²) in [4.78, 5) is 23.7. The van der Waals surface area contributed by atoms with Crippen LogP contribution in [0.5, 0.6) is 0 Å². The number of non-ortho nitro benzene ring substituents is 1. The van der Waals surface area contributed by atoms with E-state index in [2.05, 4.69) is 0 Å². The predicted octanol–water partition coefficient (Wildman–Crippen LogP) is 6.25. The lowest BCUT2D eigenvalue weighted by Crippen LogP contribution is -2.25. The topological polar surface area (TPSA) is 132 Å². The van der Waals surface area contributed by atoms with Gasteiger partial charge in [0.25, 0.3) is 5.69 Å². The highest BCUT2D eigenvalue weighted by Crippen LogP contribution is 2.57. The van der Waals surface area contributed by atoms with Crippen molar-refractivity contribution in [2.75, 3.05) is 20.3 Å². The molecule has 0 fully saturated rings. The first-order valence-corrected chi connectivity index (χ1v) is 13.5. The number of carbonyl (C=O) groups is 1. The van der Waals surface area contributed by atoms with Gasteiger partial charge in [-0.15, -0.1) is 0 Å². The van der Waals surface area contributed by atoms with E-state index in [-0.39, 0.29) is 36.7 Å². The Kier molecular flexibility index (Phi) is 12.0. The van der Waals surface area contributed by atoms with Crippen molar-refractivity contribution in [3.8, 4) is 6.07 Å². The molecule has 198 valence electrons. The summed E-state index contributed by atoms with van der Waals surface area (Å²) >= 11 is 0. The smallest absolute Gasteiger partial charge is 0.435 e. The number of benzene rings is 2. The van der Waals surface area contributed by atoms with Gasteiger partial charge in [0, 0.05) is 17.7 Å². The highest BCUT2D eigenvalue weighted by molar-refractivity contribution is 7.51. The van der Waals surface area contributed by atoms with Crippen molar-refractivity contribution in [1.82, 2.24) is 4.67 Å². The van der Waals surface area contributed by atoms with Crippen LogP contribution in [0, 0.1) is 21.4 Å². The fraction of sp³-hybridized carbons (Fsp3) is 0.385. The van der Waals surface area contributed by atoms with Crippen molar-refractivity contribution in [2.24, 2.45) is 0 Å². The Morgan fingerprint density at radius 3 is 2.19 bits per heavy atom. The number of hydrogen-bond acceptors (Lipinski definition) is 8. The van der Waals surface area contributed by atoms with Gasteiger partial charge in [0.15, 0.2) is 5.57 Å². The number of rotatable bonds is 15. The molecule has 2 rings (SSSR count). The van der Waals surface area contributed by atoms with Crippen LogP contribution in [0.4, 0.5) is 5.69 Å². The fourth-order valence-electron chi connectivity index (χ4n) is 3.36. The van der Waals surface area contributed by atoms with E-state index in [9.17, 15) is 24.7 Å². The van der Waals surface area contributed by atoms with Crippen molar-refractivity contribution < 1.29 is 28.1 Å². The first-order valence-electron chi connectivity index (χ1n) is 12.0. The van der Waals surface area contributed by atoms with E-state index in [0.29, 0.717) is 18.4 Å². The van der Waals surface area contributed by atoms with Crippen molar-refractivity contribution in [3.63, 3.8) is 0 Å². The maximum atomic E-state index is 14.5. The molecule has 0 radical (unpaired) electrons. The highest BCUT2D eigenvalue weighted by Gasteiger charge is 2.39. The summed E-state index contributed by atoms with van der Waals surface area (Å²) in [5, 5.41) is 21.5. The lowest BCUT2D eigenvalue weighted by Gasteiger charge is -2.34. The van der Waals surface area contributed by atoms with Crippen molar-refractivity contribution in [2.45, 2.75) is 46.1 Å². The van der Waals surface area contributed by atoms with E-state index < -0.39 is 24.2 Å². The third-order valence-electron chi connectivity index (χ3n) is 5.30. The number of nitro benzene ring substituents is 1. The van der Waals surface area contributed by atoms with Crippen LogP contribution < -0.4 is 0 Å². The molecule has 0 aliphatic rings. The van der Waals surface area contributed by atoms with Crippen LogP contribution in [0.15, 0.2) is 60.2 Å². The maximum Gasteiger partial charge on any atom is 0.435 e. The standard InChI is InChI=1S/C26H32N3O7P/c1-4-6-16-35-37(33,36-17-7-5-2)28(20-21-12-9-8-10-13-21)25(24(19-27)26(30)34-3)22-14-11-15-23(18-22)29(31)32/h8-15,18H,4-7,16-17,20H2,1-3H3.